The summed E-state index contributed by atoms with van der Waals surface area (Å²) < 4.78 is 5.24. The van der Waals surface area contributed by atoms with Crippen LogP contribution in [0.25, 0.3) is 0 Å². The lowest BCUT2D eigenvalue weighted by Gasteiger charge is -2.60. The molecule has 4 aliphatic rings. The SMILES string of the molecule is CCC(=O)OC/C(=N\O)[C@@]1(O)[C@@H](C)C[C@H]2[C@@H]3CCC4=C/C(=N/O)C=C[C@]4(C)C3[C@@H](O)C[C@@]21C. The molecule has 0 bridgehead atoms. The number of esters is 1. The number of aliphatic hydroxyl groups excluding tert-OH is 1. The maximum Gasteiger partial charge on any atom is 0.305 e. The Kier molecular flexibility index (Phi) is 5.98. The van der Waals surface area contributed by atoms with Crippen LogP contribution in [0.15, 0.2) is 34.1 Å². The summed E-state index contributed by atoms with van der Waals surface area (Å²) in [6.07, 6.45) is 8.04. The van der Waals surface area contributed by atoms with Crippen molar-refractivity contribution in [2.45, 2.75) is 71.5 Å². The van der Waals surface area contributed by atoms with Crippen LogP contribution in [-0.2, 0) is 9.53 Å². The summed E-state index contributed by atoms with van der Waals surface area (Å²) in [5.41, 5.74) is -0.857. The topological polar surface area (TPSA) is 132 Å². The van der Waals surface area contributed by atoms with Crippen LogP contribution >= 0.6 is 0 Å². The molecule has 4 N–H and O–H groups in total. The fourth-order valence-electron chi connectivity index (χ4n) is 7.81. The Hall–Kier alpha value is -2.19. The van der Waals surface area contributed by atoms with E-state index in [0.717, 1.165) is 24.8 Å². The second-order valence-electron chi connectivity index (χ2n) is 10.8. The van der Waals surface area contributed by atoms with Crippen molar-refractivity contribution in [2.24, 2.45) is 44.8 Å². The van der Waals surface area contributed by atoms with Crippen LogP contribution in [0.2, 0.25) is 0 Å². The molecule has 3 saturated carbocycles. The predicted octanol–water partition coefficient (Wildman–Crippen LogP) is 3.29. The molecule has 0 radical (unpaired) electrons. The molecule has 0 aromatic rings. The Morgan fingerprint density at radius 1 is 1.30 bits per heavy atom. The lowest BCUT2D eigenvalue weighted by atomic mass is 9.46. The molecule has 0 aromatic carbocycles. The van der Waals surface area contributed by atoms with Gasteiger partial charge in [0.25, 0.3) is 0 Å². The molecule has 0 aromatic heterocycles. The van der Waals surface area contributed by atoms with Crippen molar-refractivity contribution in [3.63, 3.8) is 0 Å². The van der Waals surface area contributed by atoms with Gasteiger partial charge in [0.1, 0.15) is 23.6 Å². The van der Waals surface area contributed by atoms with E-state index in [1.807, 2.05) is 19.9 Å². The minimum atomic E-state index is -1.50. The third kappa shape index (κ3) is 3.28. The van der Waals surface area contributed by atoms with Gasteiger partial charge in [-0.2, -0.15) is 0 Å². The van der Waals surface area contributed by atoms with Crippen molar-refractivity contribution in [2.75, 3.05) is 6.61 Å². The van der Waals surface area contributed by atoms with E-state index in [9.17, 15) is 25.4 Å². The molecule has 0 amide bonds. The number of carbonyl (C=O) groups excluding carboxylic acids is 1. The summed E-state index contributed by atoms with van der Waals surface area (Å²) in [5.74, 6) is -0.430. The van der Waals surface area contributed by atoms with Crippen molar-refractivity contribution < 1.29 is 30.2 Å². The van der Waals surface area contributed by atoms with Crippen LogP contribution in [0.4, 0.5) is 0 Å². The molecule has 8 atom stereocenters. The van der Waals surface area contributed by atoms with Gasteiger partial charge in [-0.15, -0.1) is 0 Å². The highest BCUT2D eigenvalue weighted by molar-refractivity contribution is 6.05. The second-order valence-corrected chi connectivity index (χ2v) is 10.8. The number of hydrogen-bond donors (Lipinski definition) is 4. The number of carbonyl (C=O) groups is 1. The Labute approximate surface area is 194 Å². The first-order valence-electron chi connectivity index (χ1n) is 12.0. The summed E-state index contributed by atoms with van der Waals surface area (Å²) in [7, 11) is 0. The number of ether oxygens (including phenoxy) is 1. The van der Waals surface area contributed by atoms with Crippen molar-refractivity contribution in [1.82, 2.24) is 0 Å². The standard InChI is InChI=1S/C25H36N2O6/c1-5-21(29)33-13-20(27-32)25(30)14(2)10-18-17-7-6-15-11-16(26-31)8-9-23(15,3)22(17)19(28)12-24(18,25)4/h8-9,11,14,17-19,22,28,30-32H,5-7,10,12-13H2,1-4H3/b26-16+,27-20+/t14-,17-,18-,19-,22?,23-,24-,25-/m0/s1. The van der Waals surface area contributed by atoms with Gasteiger partial charge in [-0.1, -0.05) is 49.7 Å². The number of rotatable bonds is 4. The third-order valence-electron chi connectivity index (χ3n) is 9.42. The number of nitrogens with zero attached hydrogens (tertiary/aromatic N) is 2. The van der Waals surface area contributed by atoms with Crippen molar-refractivity contribution >= 4 is 17.4 Å². The Balaban J connectivity index is 1.70. The minimum absolute atomic E-state index is 0.0333. The summed E-state index contributed by atoms with van der Waals surface area (Å²) in [4.78, 5) is 11.7. The fraction of sp³-hybridized carbons (Fsp3) is 0.720. The lowest BCUT2D eigenvalue weighted by Crippen LogP contribution is -2.63. The molecule has 1 unspecified atom stereocenters. The van der Waals surface area contributed by atoms with Crippen molar-refractivity contribution in [3.05, 3.63) is 23.8 Å². The van der Waals surface area contributed by atoms with Crippen LogP contribution in [-0.4, -0.2) is 56.3 Å². The zero-order valence-corrected chi connectivity index (χ0v) is 19.9. The van der Waals surface area contributed by atoms with E-state index in [-0.39, 0.29) is 47.8 Å². The maximum atomic E-state index is 12.1. The zero-order chi connectivity index (χ0) is 24.2. The molecule has 4 rings (SSSR count). The normalized spacial score (nSPS) is 45.8. The van der Waals surface area contributed by atoms with Gasteiger partial charge in [0.15, 0.2) is 0 Å². The van der Waals surface area contributed by atoms with Gasteiger partial charge < -0.3 is 25.4 Å². The van der Waals surface area contributed by atoms with Crippen LogP contribution in [0.1, 0.15) is 59.8 Å². The first-order chi connectivity index (χ1) is 15.6. The van der Waals surface area contributed by atoms with E-state index >= 15 is 0 Å². The van der Waals surface area contributed by atoms with E-state index in [1.165, 1.54) is 0 Å². The first-order valence-corrected chi connectivity index (χ1v) is 12.0. The van der Waals surface area contributed by atoms with E-state index in [4.69, 9.17) is 4.74 Å². The molecule has 182 valence electrons. The minimum Gasteiger partial charge on any atom is -0.459 e. The molecule has 3 fully saturated rings. The number of aliphatic hydroxyl groups is 2. The summed E-state index contributed by atoms with van der Waals surface area (Å²) in [6.45, 7) is 7.47. The fourth-order valence-corrected chi connectivity index (χ4v) is 7.81. The third-order valence-corrected chi connectivity index (χ3v) is 9.42. The summed E-state index contributed by atoms with van der Waals surface area (Å²) in [6, 6.07) is 0. The molecule has 0 saturated heterocycles. The number of oxime groups is 2. The van der Waals surface area contributed by atoms with Crippen molar-refractivity contribution in [1.29, 1.82) is 0 Å². The van der Waals surface area contributed by atoms with Crippen LogP contribution in [0.3, 0.4) is 0 Å². The quantitative estimate of drug-likeness (QED) is 0.220. The van der Waals surface area contributed by atoms with Crippen LogP contribution < -0.4 is 0 Å². The average molecular weight is 461 g/mol. The summed E-state index contributed by atoms with van der Waals surface area (Å²) >= 11 is 0. The highest BCUT2D eigenvalue weighted by Gasteiger charge is 2.70. The maximum absolute atomic E-state index is 12.1. The van der Waals surface area contributed by atoms with E-state index in [1.54, 1.807) is 13.0 Å². The summed E-state index contributed by atoms with van der Waals surface area (Å²) in [5, 5.41) is 49.4. The zero-order valence-electron chi connectivity index (χ0n) is 19.9. The molecule has 4 aliphatic carbocycles. The Morgan fingerprint density at radius 3 is 2.67 bits per heavy atom. The highest BCUT2D eigenvalue weighted by Crippen LogP contribution is 2.68. The van der Waals surface area contributed by atoms with Crippen molar-refractivity contribution in [3.8, 4) is 0 Å². The second kappa shape index (κ2) is 8.24. The van der Waals surface area contributed by atoms with E-state index < -0.39 is 23.1 Å². The van der Waals surface area contributed by atoms with Gasteiger partial charge in [-0.05, 0) is 55.6 Å². The van der Waals surface area contributed by atoms with Gasteiger partial charge in [0.05, 0.1) is 6.10 Å². The number of hydrogen-bond acceptors (Lipinski definition) is 8. The molecule has 0 aliphatic heterocycles. The van der Waals surface area contributed by atoms with Gasteiger partial charge in [0.2, 0.25) is 0 Å². The average Bonchev–Trinajstić information content (AvgIpc) is 2.99. The molecule has 8 nitrogen and oxygen atoms in total. The molecular weight excluding hydrogens is 424 g/mol. The number of fused-ring (bicyclic) bond motifs is 5. The van der Waals surface area contributed by atoms with Gasteiger partial charge in [-0.3, -0.25) is 4.79 Å². The van der Waals surface area contributed by atoms with Gasteiger partial charge in [-0.25, -0.2) is 0 Å². The highest BCUT2D eigenvalue weighted by atomic mass is 16.5. The van der Waals surface area contributed by atoms with Gasteiger partial charge >= 0.3 is 5.97 Å². The smallest absolute Gasteiger partial charge is 0.305 e. The van der Waals surface area contributed by atoms with Crippen LogP contribution in [0.5, 0.6) is 0 Å². The molecule has 8 heteroatoms. The number of allylic oxidation sites excluding steroid dienone is 4. The predicted molar refractivity (Wildman–Crippen MR) is 122 cm³/mol. The molecule has 0 spiro atoms. The Morgan fingerprint density at radius 2 is 2.03 bits per heavy atom. The largest absolute Gasteiger partial charge is 0.459 e. The monoisotopic (exact) mass is 460 g/mol. The molecule has 0 heterocycles. The Bertz CT molecular complexity index is 941. The van der Waals surface area contributed by atoms with E-state index in [2.05, 4.69) is 23.3 Å². The lowest BCUT2D eigenvalue weighted by molar-refractivity contribution is -0.150. The molecular formula is C25H36N2O6. The molecule has 33 heavy (non-hydrogen) atoms. The van der Waals surface area contributed by atoms with E-state index in [0.29, 0.717) is 12.1 Å². The van der Waals surface area contributed by atoms with Gasteiger partial charge in [0, 0.05) is 23.2 Å². The van der Waals surface area contributed by atoms with Crippen LogP contribution in [0, 0.1) is 34.5 Å². The first kappa shape index (κ1) is 24.0.